The van der Waals surface area contributed by atoms with Gasteiger partial charge in [-0.05, 0) is 6.42 Å². The largest absolute Gasteiger partial charge is 0.274 e. The number of unbranched alkanes of at least 4 members (excludes halogenated alkanes) is 1. The summed E-state index contributed by atoms with van der Waals surface area (Å²) in [6.07, 6.45) is 2.42. The first-order chi connectivity index (χ1) is 3.91. The third-order valence-corrected chi connectivity index (χ3v) is 0.707. The number of hydrogen-bond donors (Lipinski definition) is 0. The van der Waals surface area contributed by atoms with Gasteiger partial charge in [-0.25, -0.2) is 4.84 Å². The van der Waals surface area contributed by atoms with Crippen molar-refractivity contribution in [2.75, 3.05) is 6.61 Å². The number of hydrogen-bond acceptors (Lipinski definition) is 2. The standard InChI is InChI=1S/C5H10NO2/c1-2-3-4-8-6-5-7/h5H,2-4H2,1H3. The molecule has 0 aromatic rings. The normalized spacial score (nSPS) is 8.62. The predicted molar refractivity (Wildman–Crippen MR) is 29.1 cm³/mol. The number of rotatable bonds is 5. The topological polar surface area (TPSA) is 40.4 Å². The van der Waals surface area contributed by atoms with Crippen LogP contribution in [-0.2, 0) is 9.63 Å². The summed E-state index contributed by atoms with van der Waals surface area (Å²) >= 11 is 0. The summed E-state index contributed by atoms with van der Waals surface area (Å²) < 4.78 is 0. The predicted octanol–water partition coefficient (Wildman–Crippen LogP) is 0.479. The molecule has 8 heavy (non-hydrogen) atoms. The molecule has 0 aliphatic heterocycles. The first kappa shape index (κ1) is 7.43. The summed E-state index contributed by atoms with van der Waals surface area (Å²) in [5.41, 5.74) is 3.03. The van der Waals surface area contributed by atoms with Gasteiger partial charge >= 0.3 is 0 Å². The highest BCUT2D eigenvalue weighted by Gasteiger charge is 1.82. The van der Waals surface area contributed by atoms with Crippen molar-refractivity contribution in [3.8, 4) is 0 Å². The van der Waals surface area contributed by atoms with Crippen molar-refractivity contribution in [3.63, 3.8) is 0 Å². The molecule has 0 saturated carbocycles. The smallest absolute Gasteiger partial charge is 0.257 e. The Labute approximate surface area is 49.0 Å². The molecule has 0 N–H and O–H groups in total. The van der Waals surface area contributed by atoms with Gasteiger partial charge in [0.25, 0.3) is 6.41 Å². The third kappa shape index (κ3) is 5.43. The highest BCUT2D eigenvalue weighted by Crippen LogP contribution is 1.84. The minimum Gasteiger partial charge on any atom is -0.274 e. The lowest BCUT2D eigenvalue weighted by Gasteiger charge is -1.92. The molecule has 0 fully saturated rings. The van der Waals surface area contributed by atoms with Crippen LogP contribution in [0.5, 0.6) is 0 Å². The fourth-order valence-electron chi connectivity index (χ4n) is 0.292. The van der Waals surface area contributed by atoms with E-state index in [1.165, 1.54) is 0 Å². The summed E-state index contributed by atoms with van der Waals surface area (Å²) in [6.45, 7) is 2.60. The molecular weight excluding hydrogens is 106 g/mol. The van der Waals surface area contributed by atoms with Crippen molar-refractivity contribution in [3.05, 3.63) is 0 Å². The van der Waals surface area contributed by atoms with Crippen molar-refractivity contribution < 1.29 is 9.63 Å². The van der Waals surface area contributed by atoms with Crippen LogP contribution >= 0.6 is 0 Å². The van der Waals surface area contributed by atoms with Crippen molar-refractivity contribution in [2.45, 2.75) is 19.8 Å². The first-order valence-corrected chi connectivity index (χ1v) is 2.67. The van der Waals surface area contributed by atoms with Crippen LogP contribution in [0.4, 0.5) is 0 Å². The Hall–Kier alpha value is -0.570. The molecule has 0 heterocycles. The Morgan fingerprint density at radius 1 is 1.75 bits per heavy atom. The van der Waals surface area contributed by atoms with E-state index in [4.69, 9.17) is 0 Å². The maximum Gasteiger partial charge on any atom is 0.257 e. The van der Waals surface area contributed by atoms with Gasteiger partial charge in [-0.15, -0.1) is 0 Å². The van der Waals surface area contributed by atoms with Crippen molar-refractivity contribution in [2.24, 2.45) is 0 Å². The van der Waals surface area contributed by atoms with Crippen LogP contribution in [0.1, 0.15) is 19.8 Å². The molecule has 3 nitrogen and oxygen atoms in total. The van der Waals surface area contributed by atoms with Gasteiger partial charge in [0.1, 0.15) is 0 Å². The molecule has 1 amide bonds. The Morgan fingerprint density at radius 2 is 2.50 bits per heavy atom. The molecule has 0 rings (SSSR count). The molecular formula is C5H10NO2. The molecule has 47 valence electrons. The number of hydroxylamine groups is 1. The first-order valence-electron chi connectivity index (χ1n) is 2.67. The van der Waals surface area contributed by atoms with Crippen molar-refractivity contribution in [1.29, 1.82) is 0 Å². The molecule has 3 heteroatoms. The second-order valence-electron chi connectivity index (χ2n) is 1.40. The molecule has 0 aliphatic carbocycles. The number of carbonyl (C=O) groups is 1. The highest BCUT2D eigenvalue weighted by atomic mass is 16.6. The highest BCUT2D eigenvalue weighted by molar-refractivity contribution is 5.43. The van der Waals surface area contributed by atoms with E-state index in [-0.39, 0.29) is 0 Å². The van der Waals surface area contributed by atoms with Crippen molar-refractivity contribution >= 4 is 6.41 Å². The van der Waals surface area contributed by atoms with Crippen LogP contribution in [0.15, 0.2) is 0 Å². The van der Waals surface area contributed by atoms with Gasteiger partial charge in [0.05, 0.1) is 6.61 Å². The second-order valence-corrected chi connectivity index (χ2v) is 1.40. The van der Waals surface area contributed by atoms with Crippen molar-refractivity contribution in [1.82, 2.24) is 5.48 Å². The van der Waals surface area contributed by atoms with E-state index < -0.39 is 0 Å². The number of carbonyl (C=O) groups excluding carboxylic acids is 1. The maximum absolute atomic E-state index is 9.48. The van der Waals surface area contributed by atoms with E-state index >= 15 is 0 Å². The number of amides is 1. The lowest BCUT2D eigenvalue weighted by Crippen LogP contribution is -2.03. The molecule has 0 saturated heterocycles. The molecule has 0 aromatic heterocycles. The zero-order valence-electron chi connectivity index (χ0n) is 4.96. The summed E-state index contributed by atoms with van der Waals surface area (Å²) in [4.78, 5) is 14.0. The fraction of sp³-hybridized carbons (Fsp3) is 0.800. The molecule has 0 aromatic carbocycles. The quantitative estimate of drug-likeness (QED) is 0.298. The summed E-state index contributed by atoms with van der Waals surface area (Å²) in [5.74, 6) is 0. The third-order valence-electron chi connectivity index (χ3n) is 0.707. The average Bonchev–Trinajstić information content (AvgIpc) is 1.81. The van der Waals surface area contributed by atoms with Gasteiger partial charge in [-0.1, -0.05) is 18.8 Å². The zero-order chi connectivity index (χ0) is 6.24. The molecule has 0 atom stereocenters. The van der Waals surface area contributed by atoms with Gasteiger partial charge < -0.3 is 0 Å². The van der Waals surface area contributed by atoms with Crippen LogP contribution in [0.2, 0.25) is 0 Å². The second kappa shape index (κ2) is 6.43. The maximum atomic E-state index is 9.48. The van der Waals surface area contributed by atoms with Crippen LogP contribution in [-0.4, -0.2) is 13.0 Å². The molecule has 1 radical (unpaired) electrons. The lowest BCUT2D eigenvalue weighted by atomic mass is 10.4. The van der Waals surface area contributed by atoms with Crippen LogP contribution in [0, 0.1) is 0 Å². The fourth-order valence-corrected chi connectivity index (χ4v) is 0.292. The summed E-state index contributed by atoms with van der Waals surface area (Å²) in [7, 11) is 0. The minimum absolute atomic E-state index is 0.398. The number of nitrogens with zero attached hydrogens (tertiary/aromatic N) is 1. The minimum atomic E-state index is 0.398. The molecule has 0 spiro atoms. The van der Waals surface area contributed by atoms with Crippen LogP contribution < -0.4 is 5.48 Å². The van der Waals surface area contributed by atoms with Crippen LogP contribution in [0.25, 0.3) is 0 Å². The Balaban J connectivity index is 2.62. The SMILES string of the molecule is CCCCO[N]C=O. The van der Waals surface area contributed by atoms with Gasteiger partial charge in [-0.3, -0.25) is 4.79 Å². The Bertz CT molecular complexity index is 56.4. The van der Waals surface area contributed by atoms with Gasteiger partial charge in [0.2, 0.25) is 0 Å². The average molecular weight is 116 g/mol. The lowest BCUT2D eigenvalue weighted by molar-refractivity contribution is -0.121. The van der Waals surface area contributed by atoms with Gasteiger partial charge in [-0.2, -0.15) is 0 Å². The van der Waals surface area contributed by atoms with Gasteiger partial charge in [0.15, 0.2) is 0 Å². The van der Waals surface area contributed by atoms with Crippen LogP contribution in [0.3, 0.4) is 0 Å². The van der Waals surface area contributed by atoms with E-state index in [2.05, 4.69) is 10.3 Å². The van der Waals surface area contributed by atoms with Gasteiger partial charge in [0, 0.05) is 0 Å². The Kier molecular flexibility index (Phi) is 5.97. The monoisotopic (exact) mass is 116 g/mol. The summed E-state index contributed by atoms with van der Waals surface area (Å²) in [5, 5.41) is 0. The molecule has 0 aliphatic rings. The summed E-state index contributed by atoms with van der Waals surface area (Å²) in [6, 6.07) is 0. The molecule has 0 unspecified atom stereocenters. The van der Waals surface area contributed by atoms with E-state index in [0.29, 0.717) is 13.0 Å². The van der Waals surface area contributed by atoms with E-state index in [1.54, 1.807) is 0 Å². The van der Waals surface area contributed by atoms with E-state index in [9.17, 15) is 4.79 Å². The molecule has 0 bridgehead atoms. The van der Waals surface area contributed by atoms with E-state index in [1.807, 2.05) is 6.92 Å². The van der Waals surface area contributed by atoms with E-state index in [0.717, 1.165) is 12.8 Å². The zero-order valence-corrected chi connectivity index (χ0v) is 4.96. The Morgan fingerprint density at radius 3 is 3.00 bits per heavy atom.